The van der Waals surface area contributed by atoms with E-state index in [2.05, 4.69) is 37.9 Å². The van der Waals surface area contributed by atoms with Crippen molar-refractivity contribution in [3.8, 4) is 0 Å². The van der Waals surface area contributed by atoms with Crippen molar-refractivity contribution in [2.45, 2.75) is 59.0 Å². The fraction of sp³-hybridized carbons (Fsp3) is 0.929. The van der Waals surface area contributed by atoms with Gasteiger partial charge in [-0.1, -0.05) is 27.7 Å². The number of nitrogens with zero attached hydrogens (tertiary/aromatic N) is 1. The molecule has 0 aliphatic carbocycles. The summed E-state index contributed by atoms with van der Waals surface area (Å²) in [6.07, 6.45) is 2.68. The summed E-state index contributed by atoms with van der Waals surface area (Å²) in [4.78, 5) is 14.3. The number of likely N-dealkylation sites (tertiary alicyclic amines) is 1. The van der Waals surface area contributed by atoms with Crippen LogP contribution in [0.15, 0.2) is 0 Å². The Morgan fingerprint density at radius 2 is 2.17 bits per heavy atom. The van der Waals surface area contributed by atoms with Crippen LogP contribution in [0.2, 0.25) is 0 Å². The Bertz CT molecular complexity index is 273. The van der Waals surface area contributed by atoms with Crippen LogP contribution in [0, 0.1) is 5.41 Å². The van der Waals surface area contributed by atoms with Gasteiger partial charge in [-0.25, -0.2) is 0 Å². The lowest BCUT2D eigenvalue weighted by Gasteiger charge is -2.33. The van der Waals surface area contributed by atoms with Gasteiger partial charge in [-0.3, -0.25) is 4.79 Å². The van der Waals surface area contributed by atoms with Gasteiger partial charge in [0.1, 0.15) is 0 Å². The molecular formula is C14H29N3O. The summed E-state index contributed by atoms with van der Waals surface area (Å²) in [5, 5.41) is 3.13. The van der Waals surface area contributed by atoms with Gasteiger partial charge >= 0.3 is 0 Å². The quantitative estimate of drug-likeness (QED) is 0.797. The highest BCUT2D eigenvalue weighted by atomic mass is 16.1. The molecule has 4 heteroatoms. The van der Waals surface area contributed by atoms with Crippen LogP contribution in [0.25, 0.3) is 0 Å². The molecule has 0 radical (unpaired) electrons. The number of carbonyl (C=O) groups is 1. The molecule has 2 atom stereocenters. The summed E-state index contributed by atoms with van der Waals surface area (Å²) in [6, 6.07) is 0.224. The maximum absolute atomic E-state index is 12.0. The van der Waals surface area contributed by atoms with Crippen molar-refractivity contribution in [1.82, 2.24) is 10.2 Å². The summed E-state index contributed by atoms with van der Waals surface area (Å²) in [5.41, 5.74) is 6.02. The Hall–Kier alpha value is -0.610. The third-order valence-corrected chi connectivity index (χ3v) is 3.84. The third kappa shape index (κ3) is 4.94. The van der Waals surface area contributed by atoms with Gasteiger partial charge in [-0.15, -0.1) is 0 Å². The van der Waals surface area contributed by atoms with Crippen molar-refractivity contribution in [3.05, 3.63) is 0 Å². The van der Waals surface area contributed by atoms with E-state index in [0.717, 1.165) is 26.1 Å². The first-order valence-corrected chi connectivity index (χ1v) is 7.10. The Kier molecular flexibility index (Phi) is 5.60. The molecule has 0 saturated carbocycles. The lowest BCUT2D eigenvalue weighted by atomic mass is 9.85. The summed E-state index contributed by atoms with van der Waals surface area (Å²) in [6.45, 7) is 11.6. The standard InChI is InChI=1S/C14H29N3O/c1-5-17-8-6-7-11(10-17)16-13(18)9-12(15)14(2,3)4/h11-12H,5-10,15H2,1-4H3,(H,16,18). The molecular weight excluding hydrogens is 226 g/mol. The van der Waals surface area contributed by atoms with Gasteiger partial charge in [0.2, 0.25) is 5.91 Å². The molecule has 0 aromatic rings. The zero-order valence-corrected chi connectivity index (χ0v) is 12.3. The largest absolute Gasteiger partial charge is 0.352 e. The first-order chi connectivity index (χ1) is 8.32. The van der Waals surface area contributed by atoms with Gasteiger partial charge in [0.15, 0.2) is 0 Å². The average Bonchev–Trinajstić information content (AvgIpc) is 2.27. The monoisotopic (exact) mass is 255 g/mol. The molecule has 1 aliphatic rings. The molecule has 1 heterocycles. The summed E-state index contributed by atoms with van der Waals surface area (Å²) in [7, 11) is 0. The van der Waals surface area contributed by atoms with E-state index in [1.54, 1.807) is 0 Å². The molecule has 4 nitrogen and oxygen atoms in total. The Morgan fingerprint density at radius 3 is 2.72 bits per heavy atom. The molecule has 1 rings (SSSR count). The maximum Gasteiger partial charge on any atom is 0.221 e. The van der Waals surface area contributed by atoms with Gasteiger partial charge in [-0.05, 0) is 31.3 Å². The van der Waals surface area contributed by atoms with Crippen LogP contribution in [0.1, 0.15) is 47.0 Å². The molecule has 0 spiro atoms. The van der Waals surface area contributed by atoms with Crippen LogP contribution in [0.4, 0.5) is 0 Å². The number of hydrogen-bond acceptors (Lipinski definition) is 3. The van der Waals surface area contributed by atoms with E-state index >= 15 is 0 Å². The zero-order chi connectivity index (χ0) is 13.8. The van der Waals surface area contributed by atoms with Crippen molar-refractivity contribution in [1.29, 1.82) is 0 Å². The molecule has 0 bridgehead atoms. The molecule has 1 saturated heterocycles. The SMILES string of the molecule is CCN1CCCC(NC(=O)CC(N)C(C)(C)C)C1. The molecule has 0 aromatic heterocycles. The minimum atomic E-state index is -0.0802. The zero-order valence-electron chi connectivity index (χ0n) is 12.3. The Balaban J connectivity index is 2.36. The Labute approximate surface area is 111 Å². The van der Waals surface area contributed by atoms with Crippen LogP contribution >= 0.6 is 0 Å². The van der Waals surface area contributed by atoms with E-state index in [9.17, 15) is 4.79 Å². The number of piperidine rings is 1. The minimum Gasteiger partial charge on any atom is -0.352 e. The van der Waals surface area contributed by atoms with Crippen molar-refractivity contribution in [2.24, 2.45) is 11.1 Å². The van der Waals surface area contributed by atoms with Gasteiger partial charge < -0.3 is 16.0 Å². The van der Waals surface area contributed by atoms with E-state index < -0.39 is 0 Å². The smallest absolute Gasteiger partial charge is 0.221 e. The number of nitrogens with two attached hydrogens (primary N) is 1. The fourth-order valence-electron chi connectivity index (χ4n) is 2.25. The van der Waals surface area contributed by atoms with E-state index in [1.165, 1.54) is 6.42 Å². The topological polar surface area (TPSA) is 58.4 Å². The predicted octanol–water partition coefficient (Wildman–Crippen LogP) is 1.35. The third-order valence-electron chi connectivity index (χ3n) is 3.84. The first kappa shape index (κ1) is 15.4. The summed E-state index contributed by atoms with van der Waals surface area (Å²) >= 11 is 0. The van der Waals surface area contributed by atoms with Crippen LogP contribution in [0.5, 0.6) is 0 Å². The van der Waals surface area contributed by atoms with Crippen molar-refractivity contribution in [3.63, 3.8) is 0 Å². The molecule has 106 valence electrons. The lowest BCUT2D eigenvalue weighted by molar-refractivity contribution is -0.123. The van der Waals surface area contributed by atoms with Crippen molar-refractivity contribution >= 4 is 5.91 Å². The minimum absolute atomic E-state index is 0.0145. The van der Waals surface area contributed by atoms with E-state index in [-0.39, 0.29) is 17.4 Å². The molecule has 18 heavy (non-hydrogen) atoms. The normalized spacial score (nSPS) is 23.7. The number of amides is 1. The van der Waals surface area contributed by atoms with E-state index in [4.69, 9.17) is 5.73 Å². The second-order valence-electron chi connectivity index (χ2n) is 6.48. The van der Waals surface area contributed by atoms with Gasteiger partial charge in [0.25, 0.3) is 0 Å². The van der Waals surface area contributed by atoms with Crippen LogP contribution in [-0.4, -0.2) is 42.5 Å². The molecule has 1 aliphatic heterocycles. The maximum atomic E-state index is 12.0. The van der Waals surface area contributed by atoms with Gasteiger partial charge in [0, 0.05) is 25.0 Å². The number of nitrogens with one attached hydrogen (secondary N) is 1. The highest BCUT2D eigenvalue weighted by Gasteiger charge is 2.25. The number of carbonyl (C=O) groups excluding carboxylic acids is 1. The van der Waals surface area contributed by atoms with Crippen LogP contribution in [-0.2, 0) is 4.79 Å². The predicted molar refractivity (Wildman–Crippen MR) is 75.3 cm³/mol. The second-order valence-corrected chi connectivity index (χ2v) is 6.48. The fourth-order valence-corrected chi connectivity index (χ4v) is 2.25. The number of rotatable bonds is 4. The number of hydrogen-bond donors (Lipinski definition) is 2. The summed E-state index contributed by atoms with van der Waals surface area (Å²) in [5.74, 6) is 0.0976. The van der Waals surface area contributed by atoms with Crippen LogP contribution in [0.3, 0.4) is 0 Å². The highest BCUT2D eigenvalue weighted by Crippen LogP contribution is 2.19. The molecule has 1 fully saturated rings. The summed E-state index contributed by atoms with van der Waals surface area (Å²) < 4.78 is 0. The lowest BCUT2D eigenvalue weighted by Crippen LogP contribution is -2.49. The van der Waals surface area contributed by atoms with E-state index in [1.807, 2.05) is 0 Å². The van der Waals surface area contributed by atoms with Crippen LogP contribution < -0.4 is 11.1 Å². The highest BCUT2D eigenvalue weighted by molar-refractivity contribution is 5.77. The van der Waals surface area contributed by atoms with Gasteiger partial charge in [-0.2, -0.15) is 0 Å². The van der Waals surface area contributed by atoms with Crippen molar-refractivity contribution in [2.75, 3.05) is 19.6 Å². The average molecular weight is 255 g/mol. The molecule has 1 amide bonds. The van der Waals surface area contributed by atoms with E-state index in [0.29, 0.717) is 12.5 Å². The molecule has 0 aromatic carbocycles. The molecule has 3 N–H and O–H groups in total. The Morgan fingerprint density at radius 1 is 1.50 bits per heavy atom. The van der Waals surface area contributed by atoms with Gasteiger partial charge in [0.05, 0.1) is 0 Å². The van der Waals surface area contributed by atoms with Crippen molar-refractivity contribution < 1.29 is 4.79 Å². The first-order valence-electron chi connectivity index (χ1n) is 7.10. The molecule has 2 unspecified atom stereocenters. The number of likely N-dealkylation sites (N-methyl/N-ethyl adjacent to an activating group) is 1. The second kappa shape index (κ2) is 6.53.